The van der Waals surface area contributed by atoms with Crippen LogP contribution in [0.5, 0.6) is 0 Å². The van der Waals surface area contributed by atoms with Crippen LogP contribution in [-0.2, 0) is 11.3 Å². The molecule has 0 radical (unpaired) electrons. The number of hydrogen-bond acceptors (Lipinski definition) is 6. The number of anilines is 1. The number of ether oxygens (including phenoxy) is 1. The smallest absolute Gasteiger partial charge is 0.115 e. The van der Waals surface area contributed by atoms with E-state index >= 15 is 0 Å². The van der Waals surface area contributed by atoms with Gasteiger partial charge in [0.2, 0.25) is 0 Å². The summed E-state index contributed by atoms with van der Waals surface area (Å²) < 4.78 is 6.11. The summed E-state index contributed by atoms with van der Waals surface area (Å²) in [5.74, 6) is 0. The minimum Gasteiger partial charge on any atom is -0.378 e. The molecule has 0 spiro atoms. The largest absolute Gasteiger partial charge is 0.378 e. The second-order valence-electron chi connectivity index (χ2n) is 4.44. The first kappa shape index (κ1) is 16.2. The summed E-state index contributed by atoms with van der Waals surface area (Å²) in [7, 11) is 1.89. The first-order chi connectivity index (χ1) is 10.3. The van der Waals surface area contributed by atoms with Gasteiger partial charge in [-0.1, -0.05) is 11.6 Å². The lowest BCUT2D eigenvalue weighted by atomic mass is 10.4. The Labute approximate surface area is 133 Å². The Bertz CT molecular complexity index is 517. The molecule has 7 heteroatoms. The molecule has 1 aliphatic rings. The molecule has 2 aromatic heterocycles. The molecule has 114 valence electrons. The van der Waals surface area contributed by atoms with Gasteiger partial charge >= 0.3 is 0 Å². The number of rotatable bonds is 3. The maximum absolute atomic E-state index is 5.84. The standard InChI is InChI=1S/C8H10ClNOS.C6H9N3/c9-8-5-7(6-12-8)10-1-3-11-4-2-10;1-7-4-6-2-3-8-5-9-6/h5-6H,1-4H2;2-3,5,7H,4H2,1H3. The fraction of sp³-hybridized carbons (Fsp3) is 0.429. The second kappa shape index (κ2) is 8.94. The van der Waals surface area contributed by atoms with Crippen molar-refractivity contribution in [2.24, 2.45) is 0 Å². The summed E-state index contributed by atoms with van der Waals surface area (Å²) >= 11 is 7.42. The zero-order chi connectivity index (χ0) is 14.9. The van der Waals surface area contributed by atoms with Crippen LogP contribution in [0.15, 0.2) is 30.0 Å². The van der Waals surface area contributed by atoms with Gasteiger partial charge in [0.15, 0.2) is 0 Å². The summed E-state index contributed by atoms with van der Waals surface area (Å²) in [4.78, 5) is 10.1. The number of nitrogens with one attached hydrogen (secondary N) is 1. The molecule has 21 heavy (non-hydrogen) atoms. The summed E-state index contributed by atoms with van der Waals surface area (Å²) in [6.07, 6.45) is 3.28. The van der Waals surface area contributed by atoms with Crippen molar-refractivity contribution in [3.63, 3.8) is 0 Å². The predicted octanol–water partition coefficient (Wildman–Crippen LogP) is 2.43. The SMILES string of the molecule is CNCc1ccncn1.Clc1cc(N2CCOCC2)cs1. The van der Waals surface area contributed by atoms with Gasteiger partial charge < -0.3 is 15.0 Å². The van der Waals surface area contributed by atoms with Crippen LogP contribution in [0.2, 0.25) is 4.34 Å². The Morgan fingerprint density at radius 1 is 1.43 bits per heavy atom. The van der Waals surface area contributed by atoms with Crippen molar-refractivity contribution >= 4 is 28.6 Å². The van der Waals surface area contributed by atoms with E-state index in [0.717, 1.165) is 42.9 Å². The Morgan fingerprint density at radius 3 is 2.81 bits per heavy atom. The summed E-state index contributed by atoms with van der Waals surface area (Å²) in [6, 6.07) is 3.90. The average molecular weight is 327 g/mol. The normalized spacial score (nSPS) is 14.5. The van der Waals surface area contributed by atoms with E-state index in [9.17, 15) is 0 Å². The summed E-state index contributed by atoms with van der Waals surface area (Å²) in [5, 5.41) is 5.08. The van der Waals surface area contributed by atoms with Gasteiger partial charge in [-0.25, -0.2) is 9.97 Å². The number of halogens is 1. The van der Waals surface area contributed by atoms with Gasteiger partial charge in [-0.15, -0.1) is 11.3 Å². The van der Waals surface area contributed by atoms with Gasteiger partial charge in [-0.05, 0) is 19.2 Å². The number of nitrogens with zero attached hydrogens (tertiary/aromatic N) is 3. The van der Waals surface area contributed by atoms with Crippen LogP contribution in [0.25, 0.3) is 0 Å². The minimum atomic E-state index is 0.808. The predicted molar refractivity (Wildman–Crippen MR) is 87.2 cm³/mol. The molecule has 3 heterocycles. The molecule has 0 amide bonds. The summed E-state index contributed by atoms with van der Waals surface area (Å²) in [6.45, 7) is 4.42. The molecule has 0 aliphatic carbocycles. The molecule has 1 N–H and O–H groups in total. The molecule has 0 atom stereocenters. The zero-order valence-electron chi connectivity index (χ0n) is 12.0. The van der Waals surface area contributed by atoms with Gasteiger partial charge in [0.05, 0.1) is 23.2 Å². The number of aromatic nitrogens is 2. The van der Waals surface area contributed by atoms with Crippen LogP contribution in [0.3, 0.4) is 0 Å². The van der Waals surface area contributed by atoms with Crippen LogP contribution < -0.4 is 10.2 Å². The molecular weight excluding hydrogens is 308 g/mol. The Morgan fingerprint density at radius 2 is 2.24 bits per heavy atom. The quantitative estimate of drug-likeness (QED) is 0.939. The zero-order valence-corrected chi connectivity index (χ0v) is 13.5. The lowest BCUT2D eigenvalue weighted by Gasteiger charge is -2.27. The van der Waals surface area contributed by atoms with Crippen molar-refractivity contribution in [2.75, 3.05) is 38.3 Å². The van der Waals surface area contributed by atoms with Gasteiger partial charge in [-0.2, -0.15) is 0 Å². The van der Waals surface area contributed by atoms with E-state index < -0.39 is 0 Å². The van der Waals surface area contributed by atoms with Crippen LogP contribution in [0, 0.1) is 0 Å². The lowest BCUT2D eigenvalue weighted by Crippen LogP contribution is -2.35. The molecule has 5 nitrogen and oxygen atoms in total. The fourth-order valence-corrected chi connectivity index (χ4v) is 2.78. The molecule has 1 aliphatic heterocycles. The number of hydrogen-bond donors (Lipinski definition) is 1. The first-order valence-electron chi connectivity index (χ1n) is 6.76. The van der Waals surface area contributed by atoms with E-state index in [-0.39, 0.29) is 0 Å². The van der Waals surface area contributed by atoms with E-state index in [0.29, 0.717) is 0 Å². The highest BCUT2D eigenvalue weighted by molar-refractivity contribution is 7.14. The van der Waals surface area contributed by atoms with Crippen LogP contribution in [0.4, 0.5) is 5.69 Å². The van der Waals surface area contributed by atoms with Crippen molar-refractivity contribution in [1.82, 2.24) is 15.3 Å². The molecule has 1 fully saturated rings. The van der Waals surface area contributed by atoms with E-state index in [1.165, 1.54) is 5.69 Å². The molecule has 2 aromatic rings. The van der Waals surface area contributed by atoms with Crippen LogP contribution in [-0.4, -0.2) is 43.3 Å². The average Bonchev–Trinajstić information content (AvgIpc) is 2.97. The van der Waals surface area contributed by atoms with Crippen molar-refractivity contribution in [2.45, 2.75) is 6.54 Å². The third kappa shape index (κ3) is 5.59. The van der Waals surface area contributed by atoms with Crippen molar-refractivity contribution in [1.29, 1.82) is 0 Å². The molecule has 0 unspecified atom stereocenters. The van der Waals surface area contributed by atoms with Crippen LogP contribution in [0.1, 0.15) is 5.69 Å². The molecule has 0 bridgehead atoms. The van der Waals surface area contributed by atoms with Gasteiger partial charge in [0.25, 0.3) is 0 Å². The first-order valence-corrected chi connectivity index (χ1v) is 8.01. The van der Waals surface area contributed by atoms with E-state index in [2.05, 4.69) is 25.6 Å². The van der Waals surface area contributed by atoms with Crippen molar-refractivity contribution < 1.29 is 4.74 Å². The highest BCUT2D eigenvalue weighted by atomic mass is 35.5. The Kier molecular flexibility index (Phi) is 6.88. The van der Waals surface area contributed by atoms with Crippen molar-refractivity contribution in [3.05, 3.63) is 40.1 Å². The number of morpholine rings is 1. The topological polar surface area (TPSA) is 50.3 Å². The maximum atomic E-state index is 5.84. The van der Waals surface area contributed by atoms with Crippen molar-refractivity contribution in [3.8, 4) is 0 Å². The third-order valence-corrected chi connectivity index (χ3v) is 4.01. The molecule has 3 rings (SSSR count). The Balaban J connectivity index is 0.000000161. The Hall–Kier alpha value is -1.21. The molecule has 1 saturated heterocycles. The summed E-state index contributed by atoms with van der Waals surface area (Å²) in [5.41, 5.74) is 2.25. The van der Waals surface area contributed by atoms with E-state index in [1.807, 2.05) is 19.2 Å². The highest BCUT2D eigenvalue weighted by Gasteiger charge is 2.11. The van der Waals surface area contributed by atoms with E-state index in [4.69, 9.17) is 16.3 Å². The highest BCUT2D eigenvalue weighted by Crippen LogP contribution is 2.27. The molecule has 0 saturated carbocycles. The minimum absolute atomic E-state index is 0.808. The van der Waals surface area contributed by atoms with Gasteiger partial charge in [0, 0.05) is 36.9 Å². The van der Waals surface area contributed by atoms with E-state index in [1.54, 1.807) is 23.9 Å². The lowest BCUT2D eigenvalue weighted by molar-refractivity contribution is 0.122. The third-order valence-electron chi connectivity index (χ3n) is 2.93. The van der Waals surface area contributed by atoms with Gasteiger partial charge in [-0.3, -0.25) is 0 Å². The second-order valence-corrected chi connectivity index (χ2v) is 5.98. The fourth-order valence-electron chi connectivity index (χ4n) is 1.89. The van der Waals surface area contributed by atoms with Gasteiger partial charge in [0.1, 0.15) is 6.33 Å². The number of thiophene rings is 1. The monoisotopic (exact) mass is 326 g/mol. The molecular formula is C14H19ClN4OS. The van der Waals surface area contributed by atoms with Crippen LogP contribution >= 0.6 is 22.9 Å². The maximum Gasteiger partial charge on any atom is 0.115 e. The molecule has 0 aromatic carbocycles.